The van der Waals surface area contributed by atoms with Crippen LogP contribution in [0.1, 0.15) is 31.5 Å². The van der Waals surface area contributed by atoms with Gasteiger partial charge in [0.15, 0.2) is 6.10 Å². The molecule has 0 aliphatic heterocycles. The van der Waals surface area contributed by atoms with E-state index < -0.39 is 12.3 Å². The summed E-state index contributed by atoms with van der Waals surface area (Å²) in [5.41, 5.74) is 1.26. The minimum absolute atomic E-state index is 0.237. The van der Waals surface area contributed by atoms with Gasteiger partial charge >= 0.3 is 6.18 Å². The van der Waals surface area contributed by atoms with Gasteiger partial charge in [-0.1, -0.05) is 6.92 Å². The molecule has 1 rings (SSSR count). The van der Waals surface area contributed by atoms with Gasteiger partial charge in [0.25, 0.3) is 0 Å². The standard InChI is InChI=1S/C13H19F3N2O/c1-4-5-17-7-11-8-18-9(2)6-12(11)19-10(3)13(14,15)16/h6,8,10,17H,4-5,7H2,1-3H3. The molecule has 0 radical (unpaired) electrons. The van der Waals surface area contributed by atoms with Crippen molar-refractivity contribution in [2.24, 2.45) is 0 Å². The first-order valence-electron chi connectivity index (χ1n) is 6.24. The second-order valence-corrected chi connectivity index (χ2v) is 4.41. The van der Waals surface area contributed by atoms with Crippen LogP contribution in [0.2, 0.25) is 0 Å². The predicted octanol–water partition coefficient (Wildman–Crippen LogP) is 3.22. The molecule has 1 atom stereocenters. The smallest absolute Gasteiger partial charge is 0.425 e. The van der Waals surface area contributed by atoms with Crippen molar-refractivity contribution in [3.05, 3.63) is 23.5 Å². The highest BCUT2D eigenvalue weighted by Gasteiger charge is 2.38. The quantitative estimate of drug-likeness (QED) is 0.810. The Balaban J connectivity index is 2.82. The van der Waals surface area contributed by atoms with Crippen molar-refractivity contribution in [1.82, 2.24) is 10.3 Å². The van der Waals surface area contributed by atoms with E-state index in [2.05, 4.69) is 10.3 Å². The van der Waals surface area contributed by atoms with Gasteiger partial charge in [0, 0.05) is 30.1 Å². The largest absolute Gasteiger partial charge is 0.481 e. The highest BCUT2D eigenvalue weighted by molar-refractivity contribution is 5.33. The third-order valence-corrected chi connectivity index (χ3v) is 2.59. The summed E-state index contributed by atoms with van der Waals surface area (Å²) in [6.07, 6.45) is -3.70. The molecule has 19 heavy (non-hydrogen) atoms. The van der Waals surface area contributed by atoms with Crippen molar-refractivity contribution in [3.8, 4) is 5.75 Å². The molecule has 6 heteroatoms. The van der Waals surface area contributed by atoms with Crippen LogP contribution in [0.25, 0.3) is 0 Å². The molecule has 0 aliphatic rings. The van der Waals surface area contributed by atoms with Gasteiger partial charge in [-0.05, 0) is 26.8 Å². The van der Waals surface area contributed by atoms with Crippen LogP contribution in [0.3, 0.4) is 0 Å². The number of pyridine rings is 1. The molecule has 0 saturated heterocycles. The average Bonchev–Trinajstić information content (AvgIpc) is 2.31. The van der Waals surface area contributed by atoms with Gasteiger partial charge in [0.05, 0.1) is 0 Å². The van der Waals surface area contributed by atoms with Crippen molar-refractivity contribution >= 4 is 0 Å². The molecule has 0 saturated carbocycles. The van der Waals surface area contributed by atoms with Crippen molar-refractivity contribution in [2.75, 3.05) is 6.54 Å². The van der Waals surface area contributed by atoms with Crippen molar-refractivity contribution < 1.29 is 17.9 Å². The Morgan fingerprint density at radius 2 is 2.11 bits per heavy atom. The lowest BCUT2D eigenvalue weighted by Crippen LogP contribution is -2.31. The summed E-state index contributed by atoms with van der Waals surface area (Å²) in [6, 6.07) is 1.53. The minimum atomic E-state index is -4.37. The average molecular weight is 276 g/mol. The molecule has 108 valence electrons. The Hall–Kier alpha value is -1.30. The summed E-state index contributed by atoms with van der Waals surface area (Å²) >= 11 is 0. The fraction of sp³-hybridized carbons (Fsp3) is 0.615. The molecule has 1 heterocycles. The molecule has 0 spiro atoms. The number of hydrogen-bond donors (Lipinski definition) is 1. The van der Waals surface area contributed by atoms with E-state index in [1.807, 2.05) is 6.92 Å². The van der Waals surface area contributed by atoms with Gasteiger partial charge in [0.2, 0.25) is 0 Å². The van der Waals surface area contributed by atoms with Gasteiger partial charge in [0.1, 0.15) is 5.75 Å². The van der Waals surface area contributed by atoms with Crippen molar-refractivity contribution in [1.29, 1.82) is 0 Å². The van der Waals surface area contributed by atoms with Gasteiger partial charge in [-0.15, -0.1) is 0 Å². The minimum Gasteiger partial charge on any atom is -0.481 e. The van der Waals surface area contributed by atoms with Gasteiger partial charge in [-0.25, -0.2) is 0 Å². The molecule has 1 aromatic heterocycles. The molecule has 0 aromatic carbocycles. The van der Waals surface area contributed by atoms with Crippen LogP contribution in [0.15, 0.2) is 12.3 Å². The number of nitrogens with one attached hydrogen (secondary N) is 1. The van der Waals surface area contributed by atoms with E-state index in [0.717, 1.165) is 19.9 Å². The van der Waals surface area contributed by atoms with Crippen LogP contribution in [0.5, 0.6) is 5.75 Å². The third-order valence-electron chi connectivity index (χ3n) is 2.59. The van der Waals surface area contributed by atoms with Crippen LogP contribution in [-0.4, -0.2) is 23.8 Å². The van der Waals surface area contributed by atoms with Gasteiger partial charge in [-0.3, -0.25) is 4.98 Å². The van der Waals surface area contributed by atoms with Crippen molar-refractivity contribution in [3.63, 3.8) is 0 Å². The first kappa shape index (κ1) is 15.8. The summed E-state index contributed by atoms with van der Waals surface area (Å²) < 4.78 is 42.6. The molecular formula is C13H19F3N2O. The monoisotopic (exact) mass is 276 g/mol. The molecular weight excluding hydrogens is 257 g/mol. The summed E-state index contributed by atoms with van der Waals surface area (Å²) in [5.74, 6) is 0.237. The lowest BCUT2D eigenvalue weighted by Gasteiger charge is -2.20. The van der Waals surface area contributed by atoms with E-state index in [1.165, 1.54) is 6.07 Å². The van der Waals surface area contributed by atoms with Crippen LogP contribution in [-0.2, 0) is 6.54 Å². The molecule has 1 unspecified atom stereocenters. The Kier molecular flexibility index (Phi) is 5.60. The summed E-state index contributed by atoms with van der Waals surface area (Å²) in [7, 11) is 0. The lowest BCUT2D eigenvalue weighted by atomic mass is 10.2. The Morgan fingerprint density at radius 1 is 1.42 bits per heavy atom. The molecule has 0 bridgehead atoms. The Bertz CT molecular complexity index is 407. The summed E-state index contributed by atoms with van der Waals surface area (Å²) in [6.45, 7) is 5.97. The maximum Gasteiger partial charge on any atom is 0.425 e. The first-order chi connectivity index (χ1) is 8.84. The first-order valence-corrected chi connectivity index (χ1v) is 6.24. The highest BCUT2D eigenvalue weighted by Crippen LogP contribution is 2.27. The second-order valence-electron chi connectivity index (χ2n) is 4.41. The fourth-order valence-electron chi connectivity index (χ4n) is 1.46. The number of rotatable bonds is 6. The fourth-order valence-corrected chi connectivity index (χ4v) is 1.46. The molecule has 1 aromatic rings. The maximum absolute atomic E-state index is 12.5. The van der Waals surface area contributed by atoms with E-state index in [9.17, 15) is 13.2 Å². The maximum atomic E-state index is 12.5. The molecule has 0 fully saturated rings. The number of alkyl halides is 3. The van der Waals surface area contributed by atoms with E-state index >= 15 is 0 Å². The zero-order valence-corrected chi connectivity index (χ0v) is 11.3. The number of nitrogens with zero attached hydrogens (tertiary/aromatic N) is 1. The van der Waals surface area contributed by atoms with E-state index in [4.69, 9.17) is 4.74 Å². The summed E-state index contributed by atoms with van der Waals surface area (Å²) in [4.78, 5) is 4.09. The third kappa shape index (κ3) is 5.06. The number of hydrogen-bond acceptors (Lipinski definition) is 3. The molecule has 0 amide bonds. The van der Waals surface area contributed by atoms with Crippen LogP contribution in [0.4, 0.5) is 13.2 Å². The normalized spacial score (nSPS) is 13.4. The zero-order chi connectivity index (χ0) is 14.5. The summed E-state index contributed by atoms with van der Waals surface area (Å²) in [5, 5.41) is 3.12. The van der Waals surface area contributed by atoms with E-state index in [1.54, 1.807) is 13.1 Å². The van der Waals surface area contributed by atoms with E-state index in [-0.39, 0.29) is 5.75 Å². The highest BCUT2D eigenvalue weighted by atomic mass is 19.4. The Morgan fingerprint density at radius 3 is 2.68 bits per heavy atom. The van der Waals surface area contributed by atoms with E-state index in [0.29, 0.717) is 17.8 Å². The zero-order valence-electron chi connectivity index (χ0n) is 11.3. The SMILES string of the molecule is CCCNCc1cnc(C)cc1OC(C)C(F)(F)F. The van der Waals surface area contributed by atoms with Crippen LogP contribution in [0, 0.1) is 6.92 Å². The topological polar surface area (TPSA) is 34.2 Å². The Labute approximate surface area is 111 Å². The van der Waals surface area contributed by atoms with Gasteiger partial charge < -0.3 is 10.1 Å². The second kappa shape index (κ2) is 6.75. The lowest BCUT2D eigenvalue weighted by molar-refractivity contribution is -0.189. The van der Waals surface area contributed by atoms with Crippen molar-refractivity contribution in [2.45, 2.75) is 46.0 Å². The number of aromatic nitrogens is 1. The predicted molar refractivity (Wildman–Crippen MR) is 67.1 cm³/mol. The van der Waals surface area contributed by atoms with Crippen LogP contribution >= 0.6 is 0 Å². The number of ether oxygens (including phenoxy) is 1. The number of aryl methyl sites for hydroxylation is 1. The van der Waals surface area contributed by atoms with Gasteiger partial charge in [-0.2, -0.15) is 13.2 Å². The van der Waals surface area contributed by atoms with Crippen LogP contribution < -0.4 is 10.1 Å². The number of halogens is 3. The molecule has 1 N–H and O–H groups in total. The molecule has 0 aliphatic carbocycles. The molecule has 3 nitrogen and oxygen atoms in total.